The lowest BCUT2D eigenvalue weighted by Gasteiger charge is -2.23. The van der Waals surface area contributed by atoms with Crippen LogP contribution in [0.15, 0.2) is 24.3 Å². The second-order valence-corrected chi connectivity index (χ2v) is 4.43. The maximum atomic E-state index is 13.1. The summed E-state index contributed by atoms with van der Waals surface area (Å²) in [5, 5.41) is 3.16. The number of nitrogens with one attached hydrogen (secondary N) is 1. The van der Waals surface area contributed by atoms with Crippen molar-refractivity contribution in [1.82, 2.24) is 5.32 Å². The van der Waals surface area contributed by atoms with Gasteiger partial charge in [-0.25, -0.2) is 4.39 Å². The minimum atomic E-state index is -0.205. The number of rotatable bonds is 4. The normalized spacial score (nSPS) is 19.9. The van der Waals surface area contributed by atoms with Gasteiger partial charge in [-0.3, -0.25) is 0 Å². The van der Waals surface area contributed by atoms with E-state index in [9.17, 15) is 4.39 Å². The fourth-order valence-electron chi connectivity index (χ4n) is 2.16. The molecule has 1 aliphatic rings. The Labute approximate surface area is 89.7 Å². The summed E-state index contributed by atoms with van der Waals surface area (Å²) in [6.07, 6.45) is 2.26. The van der Waals surface area contributed by atoms with E-state index in [1.165, 1.54) is 6.07 Å². The van der Waals surface area contributed by atoms with Gasteiger partial charge in [0.05, 0.1) is 0 Å². The summed E-state index contributed by atoms with van der Waals surface area (Å²) in [5.41, 5.74) is 7.24. The Hall–Kier alpha value is -0.930. The van der Waals surface area contributed by atoms with Gasteiger partial charge < -0.3 is 11.1 Å². The molecule has 0 heterocycles. The maximum absolute atomic E-state index is 13.1. The SMILES string of the molecule is CNCC1(C(N)c2cccc(F)c2)CC1. The average molecular weight is 208 g/mol. The lowest BCUT2D eigenvalue weighted by atomic mass is 9.91. The fourth-order valence-corrected chi connectivity index (χ4v) is 2.16. The van der Waals surface area contributed by atoms with Gasteiger partial charge in [0.25, 0.3) is 0 Å². The Balaban J connectivity index is 2.17. The lowest BCUT2D eigenvalue weighted by molar-refractivity contribution is 0.391. The first-order chi connectivity index (χ1) is 7.18. The molecule has 15 heavy (non-hydrogen) atoms. The van der Waals surface area contributed by atoms with Crippen LogP contribution in [0.4, 0.5) is 4.39 Å². The van der Waals surface area contributed by atoms with E-state index >= 15 is 0 Å². The van der Waals surface area contributed by atoms with E-state index in [4.69, 9.17) is 5.73 Å². The van der Waals surface area contributed by atoms with Crippen molar-refractivity contribution in [2.75, 3.05) is 13.6 Å². The van der Waals surface area contributed by atoms with E-state index in [2.05, 4.69) is 5.32 Å². The van der Waals surface area contributed by atoms with Crippen molar-refractivity contribution in [2.24, 2.45) is 11.1 Å². The summed E-state index contributed by atoms with van der Waals surface area (Å²) in [7, 11) is 1.93. The van der Waals surface area contributed by atoms with Crippen molar-refractivity contribution in [1.29, 1.82) is 0 Å². The topological polar surface area (TPSA) is 38.0 Å². The highest BCUT2D eigenvalue weighted by molar-refractivity contribution is 5.24. The van der Waals surface area contributed by atoms with Gasteiger partial charge in [0.15, 0.2) is 0 Å². The molecular weight excluding hydrogens is 191 g/mol. The second kappa shape index (κ2) is 3.91. The van der Waals surface area contributed by atoms with Crippen LogP contribution in [0.1, 0.15) is 24.4 Å². The molecule has 1 aromatic rings. The predicted octanol–water partition coefficient (Wildman–Crippen LogP) is 1.83. The van der Waals surface area contributed by atoms with Crippen LogP contribution in [0.5, 0.6) is 0 Å². The Morgan fingerprint density at radius 3 is 2.80 bits per heavy atom. The van der Waals surface area contributed by atoms with Crippen molar-refractivity contribution in [3.05, 3.63) is 35.6 Å². The van der Waals surface area contributed by atoms with Crippen molar-refractivity contribution in [3.63, 3.8) is 0 Å². The molecule has 0 radical (unpaired) electrons. The first kappa shape index (κ1) is 10.6. The molecule has 0 saturated heterocycles. The molecule has 3 heteroatoms. The van der Waals surface area contributed by atoms with E-state index in [-0.39, 0.29) is 17.3 Å². The van der Waals surface area contributed by atoms with Gasteiger partial charge in [0.1, 0.15) is 5.82 Å². The molecule has 2 rings (SSSR count). The third kappa shape index (κ3) is 2.03. The number of nitrogens with two attached hydrogens (primary N) is 1. The van der Waals surface area contributed by atoms with Crippen LogP contribution in [0.3, 0.4) is 0 Å². The van der Waals surface area contributed by atoms with Crippen LogP contribution in [0.2, 0.25) is 0 Å². The minimum Gasteiger partial charge on any atom is -0.323 e. The predicted molar refractivity (Wildman–Crippen MR) is 58.9 cm³/mol. The lowest BCUT2D eigenvalue weighted by Crippen LogP contribution is -2.31. The van der Waals surface area contributed by atoms with Crippen LogP contribution in [-0.4, -0.2) is 13.6 Å². The van der Waals surface area contributed by atoms with Crippen LogP contribution in [0.25, 0.3) is 0 Å². The number of halogens is 1. The highest BCUT2D eigenvalue weighted by Gasteiger charge is 2.47. The monoisotopic (exact) mass is 208 g/mol. The van der Waals surface area contributed by atoms with E-state index in [0.29, 0.717) is 0 Å². The van der Waals surface area contributed by atoms with Crippen molar-refractivity contribution in [3.8, 4) is 0 Å². The molecular formula is C12H17FN2. The molecule has 2 nitrogen and oxygen atoms in total. The van der Waals surface area contributed by atoms with E-state index in [1.54, 1.807) is 12.1 Å². The van der Waals surface area contributed by atoms with Crippen molar-refractivity contribution in [2.45, 2.75) is 18.9 Å². The fraction of sp³-hybridized carbons (Fsp3) is 0.500. The molecule has 0 bridgehead atoms. The largest absolute Gasteiger partial charge is 0.323 e. The van der Waals surface area contributed by atoms with Crippen LogP contribution in [-0.2, 0) is 0 Å². The smallest absolute Gasteiger partial charge is 0.123 e. The summed E-state index contributed by atoms with van der Waals surface area (Å²) >= 11 is 0. The molecule has 0 spiro atoms. The van der Waals surface area contributed by atoms with Gasteiger partial charge in [0.2, 0.25) is 0 Å². The Morgan fingerprint density at radius 2 is 2.27 bits per heavy atom. The number of hydrogen-bond acceptors (Lipinski definition) is 2. The van der Waals surface area contributed by atoms with E-state index in [0.717, 1.165) is 24.9 Å². The zero-order valence-corrected chi connectivity index (χ0v) is 8.96. The average Bonchev–Trinajstić information content (AvgIpc) is 2.98. The highest BCUT2D eigenvalue weighted by Crippen LogP contribution is 2.53. The van der Waals surface area contributed by atoms with E-state index < -0.39 is 0 Å². The summed E-state index contributed by atoms with van der Waals surface area (Å²) < 4.78 is 13.1. The molecule has 0 aliphatic heterocycles. The highest BCUT2D eigenvalue weighted by atomic mass is 19.1. The Morgan fingerprint density at radius 1 is 1.53 bits per heavy atom. The van der Waals surface area contributed by atoms with Gasteiger partial charge in [-0.2, -0.15) is 0 Å². The third-order valence-corrected chi connectivity index (χ3v) is 3.29. The van der Waals surface area contributed by atoms with Crippen molar-refractivity contribution < 1.29 is 4.39 Å². The summed E-state index contributed by atoms with van der Waals surface area (Å²) in [6, 6.07) is 6.57. The molecule has 0 amide bonds. The van der Waals surface area contributed by atoms with Gasteiger partial charge in [-0.1, -0.05) is 12.1 Å². The molecule has 1 atom stereocenters. The van der Waals surface area contributed by atoms with Crippen LogP contribution < -0.4 is 11.1 Å². The zero-order chi connectivity index (χ0) is 10.9. The summed E-state index contributed by atoms with van der Waals surface area (Å²) in [5.74, 6) is -0.205. The van der Waals surface area contributed by atoms with Gasteiger partial charge >= 0.3 is 0 Å². The number of benzene rings is 1. The van der Waals surface area contributed by atoms with Crippen molar-refractivity contribution >= 4 is 0 Å². The van der Waals surface area contributed by atoms with E-state index in [1.807, 2.05) is 13.1 Å². The third-order valence-electron chi connectivity index (χ3n) is 3.29. The van der Waals surface area contributed by atoms with Crippen LogP contribution in [0, 0.1) is 11.2 Å². The molecule has 82 valence electrons. The Kier molecular flexibility index (Phi) is 2.76. The number of hydrogen-bond donors (Lipinski definition) is 2. The summed E-state index contributed by atoms with van der Waals surface area (Å²) in [4.78, 5) is 0. The minimum absolute atomic E-state index is 0.0550. The zero-order valence-electron chi connectivity index (χ0n) is 8.96. The van der Waals surface area contributed by atoms with Crippen LogP contribution >= 0.6 is 0 Å². The van der Waals surface area contributed by atoms with Gasteiger partial charge in [-0.05, 0) is 37.6 Å². The summed E-state index contributed by atoms with van der Waals surface area (Å²) in [6.45, 7) is 0.907. The first-order valence-corrected chi connectivity index (χ1v) is 5.34. The molecule has 0 aromatic heterocycles. The Bertz CT molecular complexity index is 347. The van der Waals surface area contributed by atoms with Gasteiger partial charge in [0, 0.05) is 18.0 Å². The molecule has 1 aromatic carbocycles. The maximum Gasteiger partial charge on any atom is 0.123 e. The molecule has 1 fully saturated rings. The first-order valence-electron chi connectivity index (χ1n) is 5.34. The second-order valence-electron chi connectivity index (χ2n) is 4.43. The van der Waals surface area contributed by atoms with Gasteiger partial charge in [-0.15, -0.1) is 0 Å². The molecule has 1 saturated carbocycles. The quantitative estimate of drug-likeness (QED) is 0.792. The molecule has 3 N–H and O–H groups in total. The molecule has 1 aliphatic carbocycles. The standard InChI is InChI=1S/C12H17FN2/c1-15-8-12(5-6-12)11(14)9-3-2-4-10(13)7-9/h2-4,7,11,15H,5-6,8,14H2,1H3. The molecule has 1 unspecified atom stereocenters.